The van der Waals surface area contributed by atoms with Gasteiger partial charge < -0.3 is 9.72 Å². The van der Waals surface area contributed by atoms with Crippen molar-refractivity contribution in [2.75, 3.05) is 7.11 Å². The molecule has 0 saturated carbocycles. The number of carbonyl (C=O) groups excluding carboxylic acids is 1. The highest BCUT2D eigenvalue weighted by Gasteiger charge is 2.29. The van der Waals surface area contributed by atoms with Gasteiger partial charge in [-0.3, -0.25) is 0 Å². The summed E-state index contributed by atoms with van der Waals surface area (Å²) in [5.74, 6) is 0.155. The Kier molecular flexibility index (Phi) is 4.01. The molecule has 0 unspecified atom stereocenters. The zero-order chi connectivity index (χ0) is 17.3. The van der Waals surface area contributed by atoms with Gasteiger partial charge in [0.25, 0.3) is 0 Å². The fourth-order valence-corrected chi connectivity index (χ4v) is 2.40. The number of nitrogens with one attached hydrogen (secondary N) is 1. The molecule has 7 heteroatoms. The van der Waals surface area contributed by atoms with Crippen LogP contribution in [-0.4, -0.2) is 23.0 Å². The monoisotopic (exact) mass is 334 g/mol. The molecule has 4 nitrogen and oxygen atoms in total. The van der Waals surface area contributed by atoms with Crippen LogP contribution in [0.25, 0.3) is 11.0 Å². The van der Waals surface area contributed by atoms with Crippen molar-refractivity contribution in [3.8, 4) is 0 Å². The van der Waals surface area contributed by atoms with Crippen molar-refractivity contribution in [3.63, 3.8) is 0 Å². The van der Waals surface area contributed by atoms with Gasteiger partial charge in [-0.15, -0.1) is 0 Å². The predicted molar refractivity (Wildman–Crippen MR) is 81.7 cm³/mol. The number of esters is 1. The number of hydrogen-bond acceptors (Lipinski definition) is 3. The zero-order valence-electron chi connectivity index (χ0n) is 12.6. The van der Waals surface area contributed by atoms with Crippen molar-refractivity contribution < 1.29 is 22.7 Å². The van der Waals surface area contributed by atoms with E-state index < -0.39 is 17.7 Å². The highest BCUT2D eigenvalue weighted by Crippen LogP contribution is 2.29. The van der Waals surface area contributed by atoms with E-state index in [0.717, 1.165) is 12.1 Å². The summed E-state index contributed by atoms with van der Waals surface area (Å²) in [5.41, 5.74) is 1.76. The van der Waals surface area contributed by atoms with Gasteiger partial charge >= 0.3 is 12.1 Å². The molecule has 124 valence electrons. The molecular weight excluding hydrogens is 321 g/mol. The van der Waals surface area contributed by atoms with Crippen LogP contribution < -0.4 is 0 Å². The van der Waals surface area contributed by atoms with Crippen molar-refractivity contribution in [2.24, 2.45) is 0 Å². The SMILES string of the molecule is COC(=O)c1ccc2nc(Cc3ccc(C(F)(F)F)cc3)[nH]c2c1. The molecule has 3 aromatic rings. The van der Waals surface area contributed by atoms with E-state index in [9.17, 15) is 18.0 Å². The third-order valence-electron chi connectivity index (χ3n) is 3.60. The quantitative estimate of drug-likeness (QED) is 0.738. The maximum Gasteiger partial charge on any atom is 0.416 e. The lowest BCUT2D eigenvalue weighted by Gasteiger charge is -2.06. The molecule has 0 bridgehead atoms. The third kappa shape index (κ3) is 3.24. The summed E-state index contributed by atoms with van der Waals surface area (Å²) in [6.45, 7) is 0. The Morgan fingerprint density at radius 1 is 1.17 bits per heavy atom. The van der Waals surface area contributed by atoms with Gasteiger partial charge in [0.15, 0.2) is 0 Å². The van der Waals surface area contributed by atoms with Gasteiger partial charge in [0, 0.05) is 6.42 Å². The van der Waals surface area contributed by atoms with Crippen LogP contribution in [0.3, 0.4) is 0 Å². The molecule has 0 saturated heterocycles. The minimum absolute atomic E-state index is 0.361. The molecule has 1 N–H and O–H groups in total. The first-order valence-corrected chi connectivity index (χ1v) is 7.10. The fourth-order valence-electron chi connectivity index (χ4n) is 2.40. The smallest absolute Gasteiger partial charge is 0.416 e. The van der Waals surface area contributed by atoms with Crippen LogP contribution >= 0.6 is 0 Å². The predicted octanol–water partition coefficient (Wildman–Crippen LogP) is 3.96. The molecule has 0 fully saturated rings. The number of aromatic nitrogens is 2. The van der Waals surface area contributed by atoms with Gasteiger partial charge in [-0.25, -0.2) is 9.78 Å². The minimum Gasteiger partial charge on any atom is -0.465 e. The summed E-state index contributed by atoms with van der Waals surface area (Å²) >= 11 is 0. The number of H-pyrrole nitrogens is 1. The van der Waals surface area contributed by atoms with Crippen LogP contribution in [0.15, 0.2) is 42.5 Å². The molecule has 0 aliphatic rings. The summed E-state index contributed by atoms with van der Waals surface area (Å²) in [6.07, 6.45) is -3.98. The van der Waals surface area contributed by atoms with E-state index in [2.05, 4.69) is 14.7 Å². The Morgan fingerprint density at radius 2 is 1.88 bits per heavy atom. The molecular formula is C17H13F3N2O2. The van der Waals surface area contributed by atoms with E-state index in [-0.39, 0.29) is 0 Å². The number of carbonyl (C=O) groups is 1. The van der Waals surface area contributed by atoms with Gasteiger partial charge in [-0.1, -0.05) is 12.1 Å². The molecule has 0 spiro atoms. The topological polar surface area (TPSA) is 55.0 Å². The highest BCUT2D eigenvalue weighted by molar-refractivity contribution is 5.93. The van der Waals surface area contributed by atoms with Gasteiger partial charge in [-0.2, -0.15) is 13.2 Å². The number of nitrogens with zero attached hydrogens (tertiary/aromatic N) is 1. The summed E-state index contributed by atoms with van der Waals surface area (Å²) < 4.78 is 42.3. The zero-order valence-corrected chi connectivity index (χ0v) is 12.6. The molecule has 0 aliphatic heterocycles. The van der Waals surface area contributed by atoms with Crippen LogP contribution in [0.5, 0.6) is 0 Å². The maximum absolute atomic E-state index is 12.6. The summed E-state index contributed by atoms with van der Waals surface area (Å²) in [6, 6.07) is 9.88. The summed E-state index contributed by atoms with van der Waals surface area (Å²) in [7, 11) is 1.30. The third-order valence-corrected chi connectivity index (χ3v) is 3.60. The Hall–Kier alpha value is -2.83. The van der Waals surface area contributed by atoms with Crippen LogP contribution in [-0.2, 0) is 17.3 Å². The number of fused-ring (bicyclic) bond motifs is 1. The number of imidazole rings is 1. The van der Waals surface area contributed by atoms with Gasteiger partial charge in [0.05, 0.1) is 29.3 Å². The van der Waals surface area contributed by atoms with E-state index >= 15 is 0 Å². The van der Waals surface area contributed by atoms with E-state index in [1.165, 1.54) is 19.2 Å². The first-order chi connectivity index (χ1) is 11.4. The molecule has 1 heterocycles. The number of methoxy groups -OCH3 is 1. The van der Waals surface area contributed by atoms with Crippen molar-refractivity contribution >= 4 is 17.0 Å². The second-order valence-electron chi connectivity index (χ2n) is 5.28. The van der Waals surface area contributed by atoms with E-state index in [4.69, 9.17) is 0 Å². The Bertz CT molecular complexity index is 883. The van der Waals surface area contributed by atoms with Crippen molar-refractivity contribution in [1.82, 2.24) is 9.97 Å². The van der Waals surface area contributed by atoms with Crippen molar-refractivity contribution in [2.45, 2.75) is 12.6 Å². The lowest BCUT2D eigenvalue weighted by atomic mass is 10.1. The lowest BCUT2D eigenvalue weighted by Crippen LogP contribution is -2.04. The summed E-state index contributed by atoms with van der Waals surface area (Å²) in [4.78, 5) is 19.0. The van der Waals surface area contributed by atoms with E-state index in [0.29, 0.717) is 34.4 Å². The Labute approximate surface area is 135 Å². The average molecular weight is 334 g/mol. The van der Waals surface area contributed by atoms with Crippen LogP contribution in [0, 0.1) is 0 Å². The van der Waals surface area contributed by atoms with Crippen molar-refractivity contribution in [1.29, 1.82) is 0 Å². The molecule has 0 radical (unpaired) electrons. The molecule has 2 aromatic carbocycles. The Morgan fingerprint density at radius 3 is 2.50 bits per heavy atom. The number of ether oxygens (including phenoxy) is 1. The number of benzene rings is 2. The first-order valence-electron chi connectivity index (χ1n) is 7.10. The van der Waals surface area contributed by atoms with E-state index in [1.54, 1.807) is 18.2 Å². The van der Waals surface area contributed by atoms with Crippen molar-refractivity contribution in [3.05, 3.63) is 65.0 Å². The lowest BCUT2D eigenvalue weighted by molar-refractivity contribution is -0.137. The van der Waals surface area contributed by atoms with Gasteiger partial charge in [0.2, 0.25) is 0 Å². The summed E-state index contributed by atoms with van der Waals surface area (Å²) in [5, 5.41) is 0. The number of alkyl halides is 3. The maximum atomic E-state index is 12.6. The molecule has 0 atom stereocenters. The first kappa shape index (κ1) is 16.0. The number of hydrogen-bond donors (Lipinski definition) is 1. The molecule has 0 amide bonds. The molecule has 24 heavy (non-hydrogen) atoms. The molecule has 1 aromatic heterocycles. The standard InChI is InChI=1S/C17H13F3N2O2/c1-24-16(23)11-4-7-13-14(9-11)22-15(21-13)8-10-2-5-12(6-3-10)17(18,19)20/h2-7,9H,8H2,1H3,(H,21,22). The fraction of sp³-hybridized carbons (Fsp3) is 0.176. The number of rotatable bonds is 3. The number of halogens is 3. The number of aromatic amines is 1. The van der Waals surface area contributed by atoms with Crippen LogP contribution in [0.4, 0.5) is 13.2 Å². The van der Waals surface area contributed by atoms with Crippen LogP contribution in [0.1, 0.15) is 27.3 Å². The second-order valence-corrected chi connectivity index (χ2v) is 5.28. The molecule has 0 aliphatic carbocycles. The highest BCUT2D eigenvalue weighted by atomic mass is 19.4. The van der Waals surface area contributed by atoms with Gasteiger partial charge in [-0.05, 0) is 35.9 Å². The minimum atomic E-state index is -4.35. The van der Waals surface area contributed by atoms with Crippen LogP contribution in [0.2, 0.25) is 0 Å². The van der Waals surface area contributed by atoms with E-state index in [1.807, 2.05) is 0 Å². The Balaban J connectivity index is 1.84. The largest absolute Gasteiger partial charge is 0.465 e. The molecule has 3 rings (SSSR count). The normalized spacial score (nSPS) is 11.7. The second kappa shape index (κ2) is 5.99. The average Bonchev–Trinajstić information content (AvgIpc) is 2.95. The van der Waals surface area contributed by atoms with Gasteiger partial charge in [0.1, 0.15) is 5.82 Å².